The molecule has 0 aliphatic heterocycles. The Kier molecular flexibility index (Phi) is 5.08. The zero-order valence-corrected chi connectivity index (χ0v) is 13.8. The fraction of sp³-hybridized carbons (Fsp3) is 0.250. The highest BCUT2D eigenvalue weighted by atomic mass is 79.9. The molecular formula is C16H17BrClNO. The third-order valence-electron chi connectivity index (χ3n) is 3.02. The molecular weight excluding hydrogens is 338 g/mol. The van der Waals surface area contributed by atoms with E-state index in [0.717, 1.165) is 15.8 Å². The Labute approximate surface area is 133 Å². The predicted octanol–water partition coefficient (Wildman–Crippen LogP) is 4.88. The number of halogens is 2. The molecule has 0 saturated carbocycles. The van der Waals surface area contributed by atoms with Crippen LogP contribution in [0.15, 0.2) is 46.9 Å². The average Bonchev–Trinajstić information content (AvgIpc) is 2.39. The molecule has 2 aromatic carbocycles. The molecule has 0 spiro atoms. The third-order valence-corrected chi connectivity index (χ3v) is 3.89. The Morgan fingerprint density at radius 3 is 2.35 bits per heavy atom. The second-order valence-corrected chi connectivity index (χ2v) is 6.17. The second-order valence-electron chi connectivity index (χ2n) is 4.88. The summed E-state index contributed by atoms with van der Waals surface area (Å²) >= 11 is 9.44. The molecule has 0 radical (unpaired) electrons. The number of rotatable bonds is 4. The van der Waals surface area contributed by atoms with E-state index in [4.69, 9.17) is 22.1 Å². The van der Waals surface area contributed by atoms with E-state index in [9.17, 15) is 0 Å². The zero-order valence-electron chi connectivity index (χ0n) is 11.4. The first-order chi connectivity index (χ1) is 9.47. The third kappa shape index (κ3) is 3.75. The van der Waals surface area contributed by atoms with Gasteiger partial charge >= 0.3 is 0 Å². The second kappa shape index (κ2) is 6.61. The highest BCUT2D eigenvalue weighted by molar-refractivity contribution is 9.10. The number of benzene rings is 2. The Hall–Kier alpha value is -1.03. The van der Waals surface area contributed by atoms with Gasteiger partial charge in [0.1, 0.15) is 11.9 Å². The molecule has 0 fully saturated rings. The molecule has 0 aromatic heterocycles. The van der Waals surface area contributed by atoms with E-state index < -0.39 is 0 Å². The summed E-state index contributed by atoms with van der Waals surface area (Å²) < 4.78 is 7.00. The molecule has 0 saturated heterocycles. The van der Waals surface area contributed by atoms with Crippen LogP contribution in [0.5, 0.6) is 5.75 Å². The summed E-state index contributed by atoms with van der Waals surface area (Å²) in [5.74, 6) is 0.785. The van der Waals surface area contributed by atoms with Gasteiger partial charge in [-0.25, -0.2) is 0 Å². The Morgan fingerprint density at radius 2 is 1.80 bits per heavy atom. The van der Waals surface area contributed by atoms with Crippen LogP contribution in [0.1, 0.15) is 24.2 Å². The smallest absolute Gasteiger partial charge is 0.139 e. The molecule has 2 nitrogen and oxygen atoms in total. The molecule has 0 bridgehead atoms. The largest absolute Gasteiger partial charge is 0.483 e. The van der Waals surface area contributed by atoms with Crippen molar-refractivity contribution in [1.29, 1.82) is 0 Å². The lowest BCUT2D eigenvalue weighted by Gasteiger charge is -2.23. The monoisotopic (exact) mass is 353 g/mol. The molecule has 2 aromatic rings. The van der Waals surface area contributed by atoms with E-state index in [1.165, 1.54) is 5.56 Å². The van der Waals surface area contributed by atoms with Crippen molar-refractivity contribution in [2.75, 3.05) is 0 Å². The van der Waals surface area contributed by atoms with Crippen molar-refractivity contribution in [3.05, 3.63) is 63.1 Å². The minimum Gasteiger partial charge on any atom is -0.483 e. The van der Waals surface area contributed by atoms with Crippen LogP contribution in [0.2, 0.25) is 5.02 Å². The summed E-state index contributed by atoms with van der Waals surface area (Å²) in [6.07, 6.45) is -0.216. The van der Waals surface area contributed by atoms with Gasteiger partial charge in [-0.05, 0) is 65.2 Å². The minimum atomic E-state index is -0.216. The van der Waals surface area contributed by atoms with Gasteiger partial charge in [-0.1, -0.05) is 29.8 Å². The van der Waals surface area contributed by atoms with Crippen molar-refractivity contribution in [1.82, 2.24) is 0 Å². The standard InChI is InChI=1S/C16H17BrClNO/c1-10-3-8-15(14(17)9-10)20-16(11(2)19)12-4-6-13(18)7-5-12/h3-9,11,16H,19H2,1-2H3. The topological polar surface area (TPSA) is 35.2 Å². The van der Waals surface area contributed by atoms with Crippen molar-refractivity contribution < 1.29 is 4.74 Å². The van der Waals surface area contributed by atoms with Crippen LogP contribution in [-0.4, -0.2) is 6.04 Å². The lowest BCUT2D eigenvalue weighted by atomic mass is 10.0. The van der Waals surface area contributed by atoms with E-state index >= 15 is 0 Å². The van der Waals surface area contributed by atoms with Crippen LogP contribution in [0.4, 0.5) is 0 Å². The Morgan fingerprint density at radius 1 is 1.15 bits per heavy atom. The number of hydrogen-bond acceptors (Lipinski definition) is 2. The zero-order chi connectivity index (χ0) is 14.7. The highest BCUT2D eigenvalue weighted by Gasteiger charge is 2.19. The molecule has 0 heterocycles. The quantitative estimate of drug-likeness (QED) is 0.849. The summed E-state index contributed by atoms with van der Waals surface area (Å²) in [6.45, 7) is 3.97. The maximum atomic E-state index is 6.07. The first-order valence-corrected chi connectivity index (χ1v) is 7.58. The molecule has 2 atom stereocenters. The number of nitrogens with two attached hydrogens (primary N) is 1. The number of hydrogen-bond donors (Lipinski definition) is 1. The van der Waals surface area contributed by atoms with Crippen LogP contribution >= 0.6 is 27.5 Å². The molecule has 0 aliphatic rings. The maximum Gasteiger partial charge on any atom is 0.139 e. The van der Waals surface area contributed by atoms with Gasteiger partial charge in [0.25, 0.3) is 0 Å². The summed E-state index contributed by atoms with van der Waals surface area (Å²) in [6, 6.07) is 13.4. The van der Waals surface area contributed by atoms with Gasteiger partial charge in [0.15, 0.2) is 0 Å². The van der Waals surface area contributed by atoms with Crippen molar-refractivity contribution >= 4 is 27.5 Å². The molecule has 2 N–H and O–H groups in total. The van der Waals surface area contributed by atoms with Crippen molar-refractivity contribution in [3.8, 4) is 5.75 Å². The number of aryl methyl sites for hydroxylation is 1. The summed E-state index contributed by atoms with van der Waals surface area (Å²) in [7, 11) is 0. The lowest BCUT2D eigenvalue weighted by molar-refractivity contribution is 0.179. The van der Waals surface area contributed by atoms with Gasteiger partial charge in [-0.15, -0.1) is 0 Å². The maximum absolute atomic E-state index is 6.07. The Bertz CT molecular complexity index is 584. The van der Waals surface area contributed by atoms with E-state index in [1.54, 1.807) is 0 Å². The van der Waals surface area contributed by atoms with Crippen molar-refractivity contribution in [2.45, 2.75) is 26.0 Å². The van der Waals surface area contributed by atoms with Gasteiger partial charge in [-0.2, -0.15) is 0 Å². The van der Waals surface area contributed by atoms with E-state index in [2.05, 4.69) is 15.9 Å². The van der Waals surface area contributed by atoms with Gasteiger partial charge < -0.3 is 10.5 Å². The fourth-order valence-electron chi connectivity index (χ4n) is 1.97. The average molecular weight is 355 g/mol. The van der Waals surface area contributed by atoms with E-state index in [-0.39, 0.29) is 12.1 Å². The van der Waals surface area contributed by atoms with Crippen LogP contribution in [0.3, 0.4) is 0 Å². The summed E-state index contributed by atoms with van der Waals surface area (Å²) in [4.78, 5) is 0. The summed E-state index contributed by atoms with van der Waals surface area (Å²) in [5.41, 5.74) is 8.25. The predicted molar refractivity (Wildman–Crippen MR) is 87.3 cm³/mol. The minimum absolute atomic E-state index is 0.135. The molecule has 2 unspecified atom stereocenters. The normalized spacial score (nSPS) is 13.8. The molecule has 4 heteroatoms. The Balaban J connectivity index is 2.28. The van der Waals surface area contributed by atoms with Gasteiger partial charge in [0.2, 0.25) is 0 Å². The molecule has 2 rings (SSSR count). The van der Waals surface area contributed by atoms with Crippen LogP contribution in [0, 0.1) is 6.92 Å². The molecule has 20 heavy (non-hydrogen) atoms. The van der Waals surface area contributed by atoms with Gasteiger partial charge in [0, 0.05) is 11.1 Å². The first kappa shape index (κ1) is 15.4. The van der Waals surface area contributed by atoms with E-state index in [1.807, 2.05) is 56.3 Å². The first-order valence-electron chi connectivity index (χ1n) is 6.41. The lowest BCUT2D eigenvalue weighted by Crippen LogP contribution is -2.29. The van der Waals surface area contributed by atoms with Crippen molar-refractivity contribution in [3.63, 3.8) is 0 Å². The van der Waals surface area contributed by atoms with Crippen LogP contribution in [0.25, 0.3) is 0 Å². The molecule has 0 amide bonds. The fourth-order valence-corrected chi connectivity index (χ4v) is 2.68. The van der Waals surface area contributed by atoms with E-state index in [0.29, 0.717) is 5.02 Å². The summed E-state index contributed by atoms with van der Waals surface area (Å²) in [5, 5.41) is 0.702. The molecule has 106 valence electrons. The highest BCUT2D eigenvalue weighted by Crippen LogP contribution is 2.31. The van der Waals surface area contributed by atoms with Gasteiger partial charge in [0.05, 0.1) is 4.47 Å². The van der Waals surface area contributed by atoms with Crippen LogP contribution < -0.4 is 10.5 Å². The van der Waals surface area contributed by atoms with Gasteiger partial charge in [-0.3, -0.25) is 0 Å². The van der Waals surface area contributed by atoms with Crippen LogP contribution in [-0.2, 0) is 0 Å². The SMILES string of the molecule is Cc1ccc(OC(c2ccc(Cl)cc2)C(C)N)c(Br)c1. The van der Waals surface area contributed by atoms with Crippen molar-refractivity contribution in [2.24, 2.45) is 5.73 Å². The number of ether oxygens (including phenoxy) is 1. The molecule has 0 aliphatic carbocycles.